The lowest BCUT2D eigenvalue weighted by Gasteiger charge is -2.26. The van der Waals surface area contributed by atoms with Crippen LogP contribution in [0.15, 0.2) is 36.5 Å². The fraction of sp³-hybridized carbons (Fsp3) is 0.462. The number of hydrogen-bond acceptors (Lipinski definition) is 3. The van der Waals surface area contributed by atoms with Gasteiger partial charge in [0.25, 0.3) is 0 Å². The molecule has 2 aromatic heterocycles. The summed E-state index contributed by atoms with van der Waals surface area (Å²) in [6.07, 6.45) is 14.7. The first kappa shape index (κ1) is 20.6. The molecule has 1 saturated carbocycles. The lowest BCUT2D eigenvalue weighted by molar-refractivity contribution is 0.296. The van der Waals surface area contributed by atoms with Crippen LogP contribution >= 0.6 is 0 Å². The Labute approximate surface area is 180 Å². The maximum Gasteiger partial charge on any atom is 0.206 e. The molecule has 30 heavy (non-hydrogen) atoms. The Hall–Kier alpha value is -2.64. The van der Waals surface area contributed by atoms with Gasteiger partial charge >= 0.3 is 0 Å². The van der Waals surface area contributed by atoms with E-state index in [1.54, 1.807) is 0 Å². The van der Waals surface area contributed by atoms with Crippen LogP contribution in [0.4, 0.5) is 0 Å². The van der Waals surface area contributed by atoms with E-state index in [-0.39, 0.29) is 0 Å². The van der Waals surface area contributed by atoms with Crippen molar-refractivity contribution in [2.24, 2.45) is 0 Å². The van der Waals surface area contributed by atoms with Crippen LogP contribution in [0, 0.1) is 12.3 Å². The number of hydrogen-bond donors (Lipinski definition) is 0. The average molecular weight is 401 g/mol. The third-order valence-corrected chi connectivity index (χ3v) is 6.43. The van der Waals surface area contributed by atoms with E-state index < -0.39 is 0 Å². The maximum absolute atomic E-state index is 5.58. The Kier molecular flexibility index (Phi) is 6.50. The molecule has 0 amide bonds. The fourth-order valence-electron chi connectivity index (χ4n) is 4.69. The fourth-order valence-corrected chi connectivity index (χ4v) is 4.69. The number of rotatable bonds is 7. The molecule has 0 radical (unpaired) electrons. The number of fused-ring (bicyclic) bond motifs is 1. The van der Waals surface area contributed by atoms with Crippen LogP contribution in [0.5, 0.6) is 0 Å². The van der Waals surface area contributed by atoms with Crippen molar-refractivity contribution in [1.82, 2.24) is 19.4 Å². The third-order valence-electron chi connectivity index (χ3n) is 6.43. The standard InChI is InChI=1S/C26H32N4/c1-4-25-27-18-22-17-24(30(26(22)28-25)23-10-8-7-9-11-23)16-20-12-14-21(15-13-20)19-29(5-2)6-3/h1,12-15,17-18,23H,5-11,16,19H2,2-3H3. The Bertz CT molecular complexity index is 1020. The molecule has 1 fully saturated rings. The molecule has 1 aromatic carbocycles. The first-order chi connectivity index (χ1) is 14.7. The molecule has 2 heterocycles. The summed E-state index contributed by atoms with van der Waals surface area (Å²) >= 11 is 0. The van der Waals surface area contributed by atoms with Gasteiger partial charge in [-0.05, 0) is 49.0 Å². The second-order valence-electron chi connectivity index (χ2n) is 8.37. The number of terminal acetylenes is 1. The Morgan fingerprint density at radius 1 is 1.07 bits per heavy atom. The van der Waals surface area contributed by atoms with E-state index in [2.05, 4.69) is 64.6 Å². The number of benzene rings is 1. The summed E-state index contributed by atoms with van der Waals surface area (Å²) in [5, 5.41) is 1.09. The number of aromatic nitrogens is 3. The Morgan fingerprint density at radius 3 is 2.43 bits per heavy atom. The highest BCUT2D eigenvalue weighted by atomic mass is 15.1. The summed E-state index contributed by atoms with van der Waals surface area (Å²) in [7, 11) is 0. The normalized spacial score (nSPS) is 15.0. The van der Waals surface area contributed by atoms with Crippen LogP contribution in [-0.4, -0.2) is 32.5 Å². The SMILES string of the molecule is C#Cc1ncc2cc(Cc3ccc(CN(CC)CC)cc3)n(C3CCCCC3)c2n1. The van der Waals surface area contributed by atoms with Gasteiger partial charge in [0.05, 0.1) is 0 Å². The maximum atomic E-state index is 5.58. The zero-order chi connectivity index (χ0) is 20.9. The third kappa shape index (κ3) is 4.42. The Balaban J connectivity index is 1.64. The Morgan fingerprint density at radius 2 is 1.77 bits per heavy atom. The van der Waals surface area contributed by atoms with Crippen molar-refractivity contribution in [1.29, 1.82) is 0 Å². The van der Waals surface area contributed by atoms with E-state index in [0.717, 1.165) is 37.1 Å². The first-order valence-electron chi connectivity index (χ1n) is 11.4. The average Bonchev–Trinajstić information content (AvgIpc) is 3.15. The molecule has 4 nitrogen and oxygen atoms in total. The lowest BCUT2D eigenvalue weighted by atomic mass is 9.95. The highest BCUT2D eigenvalue weighted by molar-refractivity contribution is 5.77. The highest BCUT2D eigenvalue weighted by Gasteiger charge is 2.21. The summed E-state index contributed by atoms with van der Waals surface area (Å²) in [6.45, 7) is 7.62. The molecule has 156 valence electrons. The van der Waals surface area contributed by atoms with Crippen LogP contribution in [0.2, 0.25) is 0 Å². The van der Waals surface area contributed by atoms with Gasteiger partial charge in [-0.25, -0.2) is 9.97 Å². The molecule has 4 rings (SSSR count). The molecule has 0 N–H and O–H groups in total. The van der Waals surface area contributed by atoms with Crippen LogP contribution in [0.1, 0.15) is 74.6 Å². The lowest BCUT2D eigenvalue weighted by Crippen LogP contribution is -2.22. The van der Waals surface area contributed by atoms with Gasteiger partial charge in [0, 0.05) is 36.3 Å². The van der Waals surface area contributed by atoms with Crippen molar-refractivity contribution in [3.05, 3.63) is 59.2 Å². The van der Waals surface area contributed by atoms with Crippen molar-refractivity contribution in [2.45, 2.75) is 65.0 Å². The van der Waals surface area contributed by atoms with Gasteiger partial charge in [-0.3, -0.25) is 4.90 Å². The van der Waals surface area contributed by atoms with Gasteiger partial charge in [0.2, 0.25) is 5.82 Å². The molecule has 1 aliphatic rings. The zero-order valence-corrected chi connectivity index (χ0v) is 18.3. The molecule has 0 atom stereocenters. The molecule has 0 aliphatic heterocycles. The second kappa shape index (κ2) is 9.45. The van der Waals surface area contributed by atoms with E-state index in [1.165, 1.54) is 48.9 Å². The topological polar surface area (TPSA) is 34.0 Å². The monoisotopic (exact) mass is 400 g/mol. The molecular formula is C26H32N4. The van der Waals surface area contributed by atoms with E-state index >= 15 is 0 Å². The molecule has 0 unspecified atom stereocenters. The van der Waals surface area contributed by atoms with Gasteiger partial charge in [-0.15, -0.1) is 6.42 Å². The van der Waals surface area contributed by atoms with Gasteiger partial charge in [-0.2, -0.15) is 0 Å². The van der Waals surface area contributed by atoms with Gasteiger partial charge in [0.15, 0.2) is 0 Å². The van der Waals surface area contributed by atoms with Gasteiger partial charge < -0.3 is 4.57 Å². The van der Waals surface area contributed by atoms with Crippen molar-refractivity contribution in [2.75, 3.05) is 13.1 Å². The van der Waals surface area contributed by atoms with Crippen LogP contribution in [0.25, 0.3) is 11.0 Å². The molecule has 3 aromatic rings. The van der Waals surface area contributed by atoms with E-state index in [9.17, 15) is 0 Å². The van der Waals surface area contributed by atoms with Crippen LogP contribution < -0.4 is 0 Å². The molecule has 0 spiro atoms. The molecular weight excluding hydrogens is 368 g/mol. The summed E-state index contributed by atoms with van der Waals surface area (Å²) in [4.78, 5) is 11.5. The van der Waals surface area contributed by atoms with Gasteiger partial charge in [0.1, 0.15) is 5.65 Å². The largest absolute Gasteiger partial charge is 0.326 e. The smallest absolute Gasteiger partial charge is 0.206 e. The zero-order valence-electron chi connectivity index (χ0n) is 18.3. The predicted octanol–water partition coefficient (Wildman–Crippen LogP) is 5.35. The predicted molar refractivity (Wildman–Crippen MR) is 123 cm³/mol. The summed E-state index contributed by atoms with van der Waals surface area (Å²) < 4.78 is 2.46. The molecule has 1 aliphatic carbocycles. The summed E-state index contributed by atoms with van der Waals surface area (Å²) in [6, 6.07) is 11.9. The van der Waals surface area contributed by atoms with Crippen LogP contribution in [-0.2, 0) is 13.0 Å². The number of nitrogens with zero attached hydrogens (tertiary/aromatic N) is 4. The van der Waals surface area contributed by atoms with Gasteiger partial charge in [-0.1, -0.05) is 57.4 Å². The molecule has 4 heteroatoms. The summed E-state index contributed by atoms with van der Waals surface area (Å²) in [5.74, 6) is 3.08. The van der Waals surface area contributed by atoms with E-state index in [1.807, 2.05) is 6.20 Å². The quantitative estimate of drug-likeness (QED) is 0.501. The minimum atomic E-state index is 0.477. The molecule has 0 saturated heterocycles. The second-order valence-corrected chi connectivity index (χ2v) is 8.37. The first-order valence-corrected chi connectivity index (χ1v) is 11.4. The van der Waals surface area contributed by atoms with Crippen molar-refractivity contribution in [3.63, 3.8) is 0 Å². The van der Waals surface area contributed by atoms with Crippen molar-refractivity contribution < 1.29 is 0 Å². The van der Waals surface area contributed by atoms with E-state index in [4.69, 9.17) is 11.4 Å². The van der Waals surface area contributed by atoms with Crippen LogP contribution in [0.3, 0.4) is 0 Å². The van der Waals surface area contributed by atoms with Crippen molar-refractivity contribution in [3.8, 4) is 12.3 Å². The van der Waals surface area contributed by atoms with E-state index in [0.29, 0.717) is 11.9 Å². The van der Waals surface area contributed by atoms with Crippen molar-refractivity contribution >= 4 is 11.0 Å². The minimum absolute atomic E-state index is 0.477. The minimum Gasteiger partial charge on any atom is -0.326 e. The summed E-state index contributed by atoms with van der Waals surface area (Å²) in [5.41, 5.74) is 5.03. The molecule has 0 bridgehead atoms. The highest BCUT2D eigenvalue weighted by Crippen LogP contribution is 2.33.